The van der Waals surface area contributed by atoms with Crippen LogP contribution in [0.25, 0.3) is 0 Å². The topological polar surface area (TPSA) is 81.5 Å². The summed E-state index contributed by atoms with van der Waals surface area (Å²) < 4.78 is 4.82. The Labute approximate surface area is 111 Å². The van der Waals surface area contributed by atoms with E-state index in [0.717, 1.165) is 0 Å². The van der Waals surface area contributed by atoms with Gasteiger partial charge in [-0.05, 0) is 39.8 Å². The quantitative estimate of drug-likeness (QED) is 0.514. The number of carbonyl (C=O) groups excluding carboxylic acids is 1. The van der Waals surface area contributed by atoms with Crippen molar-refractivity contribution in [1.29, 1.82) is 0 Å². The number of esters is 1. The van der Waals surface area contributed by atoms with Crippen LogP contribution in [-0.4, -0.2) is 23.0 Å². The molecule has 0 aliphatic carbocycles. The van der Waals surface area contributed by atoms with Gasteiger partial charge in [-0.3, -0.25) is 10.1 Å². The van der Waals surface area contributed by atoms with Crippen LogP contribution in [0.2, 0.25) is 0 Å². The van der Waals surface area contributed by atoms with Crippen LogP contribution in [0.1, 0.15) is 38.1 Å². The molecule has 6 heteroatoms. The minimum absolute atomic E-state index is 0.138. The Morgan fingerprint density at radius 3 is 2.53 bits per heavy atom. The molecule has 1 aromatic rings. The first-order chi connectivity index (χ1) is 8.74. The maximum Gasteiger partial charge on any atom is 0.338 e. The molecular formula is C13H18N2O4. The molecule has 1 aromatic carbocycles. The lowest BCUT2D eigenvalue weighted by Gasteiger charge is -2.22. The Morgan fingerprint density at radius 1 is 1.42 bits per heavy atom. The number of carbonyl (C=O) groups is 1. The van der Waals surface area contributed by atoms with Gasteiger partial charge in [-0.15, -0.1) is 0 Å². The molecule has 0 amide bonds. The fourth-order valence-electron chi connectivity index (χ4n) is 1.53. The van der Waals surface area contributed by atoms with Gasteiger partial charge in [0.1, 0.15) is 5.69 Å². The molecule has 0 saturated heterocycles. The Balaban J connectivity index is 3.15. The van der Waals surface area contributed by atoms with Crippen LogP contribution < -0.4 is 5.32 Å². The summed E-state index contributed by atoms with van der Waals surface area (Å²) in [6, 6.07) is 4.26. The highest BCUT2D eigenvalue weighted by Gasteiger charge is 2.21. The first-order valence-electron chi connectivity index (χ1n) is 5.98. The van der Waals surface area contributed by atoms with Gasteiger partial charge in [-0.1, -0.05) is 0 Å². The second kappa shape index (κ2) is 5.69. The summed E-state index contributed by atoms with van der Waals surface area (Å²) in [6.07, 6.45) is 0. The summed E-state index contributed by atoms with van der Waals surface area (Å²) in [5, 5.41) is 14.1. The molecule has 0 atom stereocenters. The number of ether oxygens (including phenoxy) is 1. The van der Waals surface area contributed by atoms with Crippen molar-refractivity contribution >= 4 is 17.3 Å². The molecular weight excluding hydrogens is 248 g/mol. The molecule has 1 rings (SSSR count). The van der Waals surface area contributed by atoms with Gasteiger partial charge in [-0.25, -0.2) is 4.79 Å². The van der Waals surface area contributed by atoms with Crippen LogP contribution >= 0.6 is 0 Å². The highest BCUT2D eigenvalue weighted by atomic mass is 16.6. The second-order valence-electron chi connectivity index (χ2n) is 5.08. The van der Waals surface area contributed by atoms with Crippen molar-refractivity contribution in [3.63, 3.8) is 0 Å². The number of nitro groups is 1. The third kappa shape index (κ3) is 4.24. The zero-order chi connectivity index (χ0) is 14.6. The Kier molecular flexibility index (Phi) is 4.47. The van der Waals surface area contributed by atoms with Crippen molar-refractivity contribution < 1.29 is 14.5 Å². The normalized spacial score (nSPS) is 10.9. The lowest BCUT2D eigenvalue weighted by atomic mass is 10.1. The van der Waals surface area contributed by atoms with E-state index < -0.39 is 10.9 Å². The zero-order valence-electron chi connectivity index (χ0n) is 11.5. The van der Waals surface area contributed by atoms with Gasteiger partial charge in [0.15, 0.2) is 0 Å². The minimum Gasteiger partial charge on any atom is -0.462 e. The van der Waals surface area contributed by atoms with E-state index >= 15 is 0 Å². The summed E-state index contributed by atoms with van der Waals surface area (Å²) in [4.78, 5) is 22.1. The number of rotatable bonds is 4. The molecule has 104 valence electrons. The van der Waals surface area contributed by atoms with Crippen LogP contribution in [0.4, 0.5) is 11.4 Å². The summed E-state index contributed by atoms with van der Waals surface area (Å²) in [5.41, 5.74) is 0.106. The number of nitrogens with one attached hydrogen (secondary N) is 1. The van der Waals surface area contributed by atoms with Crippen molar-refractivity contribution in [2.24, 2.45) is 0 Å². The van der Waals surface area contributed by atoms with E-state index in [1.54, 1.807) is 6.92 Å². The number of anilines is 1. The second-order valence-corrected chi connectivity index (χ2v) is 5.08. The average Bonchev–Trinajstić information content (AvgIpc) is 2.27. The van der Waals surface area contributed by atoms with Crippen LogP contribution in [0.15, 0.2) is 18.2 Å². The summed E-state index contributed by atoms with van der Waals surface area (Å²) in [6.45, 7) is 7.61. The SMILES string of the molecule is CCOC(=O)c1ccc(NC(C)(C)C)c([N+](=O)[O-])c1. The Hall–Kier alpha value is -2.11. The largest absolute Gasteiger partial charge is 0.462 e. The monoisotopic (exact) mass is 266 g/mol. The molecule has 0 spiro atoms. The number of hydrogen-bond acceptors (Lipinski definition) is 5. The number of hydrogen-bond donors (Lipinski definition) is 1. The number of nitrogens with zero attached hydrogens (tertiary/aromatic N) is 1. The molecule has 19 heavy (non-hydrogen) atoms. The molecule has 0 aliphatic rings. The lowest BCUT2D eigenvalue weighted by molar-refractivity contribution is -0.384. The third-order valence-electron chi connectivity index (χ3n) is 2.22. The predicted molar refractivity (Wildman–Crippen MR) is 72.4 cm³/mol. The molecule has 0 bridgehead atoms. The van der Waals surface area contributed by atoms with Crippen molar-refractivity contribution in [2.45, 2.75) is 33.2 Å². The molecule has 0 radical (unpaired) electrons. The number of nitro benzene ring substituents is 1. The van der Waals surface area contributed by atoms with Crippen molar-refractivity contribution in [3.8, 4) is 0 Å². The van der Waals surface area contributed by atoms with Crippen LogP contribution in [-0.2, 0) is 4.74 Å². The van der Waals surface area contributed by atoms with Gasteiger partial charge in [0.05, 0.1) is 17.1 Å². The van der Waals surface area contributed by atoms with Gasteiger partial charge < -0.3 is 10.1 Å². The van der Waals surface area contributed by atoms with Gasteiger partial charge >= 0.3 is 5.97 Å². The van der Waals surface area contributed by atoms with Crippen LogP contribution in [0.3, 0.4) is 0 Å². The van der Waals surface area contributed by atoms with E-state index in [1.807, 2.05) is 20.8 Å². The first kappa shape index (κ1) is 14.9. The highest BCUT2D eigenvalue weighted by molar-refractivity contribution is 5.91. The smallest absolute Gasteiger partial charge is 0.338 e. The summed E-state index contributed by atoms with van der Waals surface area (Å²) in [7, 11) is 0. The molecule has 0 saturated carbocycles. The van der Waals surface area contributed by atoms with E-state index in [-0.39, 0.29) is 23.4 Å². The molecule has 0 fully saturated rings. The molecule has 0 aliphatic heterocycles. The van der Waals surface area contributed by atoms with E-state index in [4.69, 9.17) is 4.74 Å². The van der Waals surface area contributed by atoms with E-state index in [9.17, 15) is 14.9 Å². The summed E-state index contributed by atoms with van der Waals surface area (Å²) >= 11 is 0. The minimum atomic E-state index is -0.562. The van der Waals surface area contributed by atoms with Crippen molar-refractivity contribution in [1.82, 2.24) is 0 Å². The fourth-order valence-corrected chi connectivity index (χ4v) is 1.53. The van der Waals surface area contributed by atoms with Gasteiger partial charge in [0.25, 0.3) is 5.69 Å². The Morgan fingerprint density at radius 2 is 2.05 bits per heavy atom. The highest BCUT2D eigenvalue weighted by Crippen LogP contribution is 2.28. The van der Waals surface area contributed by atoms with Crippen LogP contribution in [0.5, 0.6) is 0 Å². The first-order valence-corrected chi connectivity index (χ1v) is 5.98. The molecule has 0 unspecified atom stereocenters. The van der Waals surface area contributed by atoms with Gasteiger partial charge in [0.2, 0.25) is 0 Å². The van der Waals surface area contributed by atoms with E-state index in [1.165, 1.54) is 18.2 Å². The van der Waals surface area contributed by atoms with Crippen molar-refractivity contribution in [3.05, 3.63) is 33.9 Å². The predicted octanol–water partition coefficient (Wildman–Crippen LogP) is 2.98. The summed E-state index contributed by atoms with van der Waals surface area (Å²) in [5.74, 6) is -0.562. The van der Waals surface area contributed by atoms with Gasteiger partial charge in [0, 0.05) is 11.6 Å². The van der Waals surface area contributed by atoms with Gasteiger partial charge in [-0.2, -0.15) is 0 Å². The fraction of sp³-hybridized carbons (Fsp3) is 0.462. The molecule has 0 heterocycles. The lowest BCUT2D eigenvalue weighted by Crippen LogP contribution is -2.26. The zero-order valence-corrected chi connectivity index (χ0v) is 11.5. The third-order valence-corrected chi connectivity index (χ3v) is 2.22. The van der Waals surface area contributed by atoms with E-state index in [0.29, 0.717) is 5.69 Å². The Bertz CT molecular complexity index is 492. The van der Waals surface area contributed by atoms with Crippen LogP contribution in [0, 0.1) is 10.1 Å². The molecule has 6 nitrogen and oxygen atoms in total. The molecule has 0 aromatic heterocycles. The standard InChI is InChI=1S/C13H18N2O4/c1-5-19-12(16)9-6-7-10(14-13(2,3)4)11(8-9)15(17)18/h6-8,14H,5H2,1-4H3. The van der Waals surface area contributed by atoms with Crippen molar-refractivity contribution in [2.75, 3.05) is 11.9 Å². The maximum atomic E-state index is 11.6. The maximum absolute atomic E-state index is 11.6. The average molecular weight is 266 g/mol. The number of benzene rings is 1. The van der Waals surface area contributed by atoms with E-state index in [2.05, 4.69) is 5.32 Å². The molecule has 1 N–H and O–H groups in total.